The number of carboxylic acid groups (broad SMARTS) is 1. The van der Waals surface area contributed by atoms with Gasteiger partial charge in [-0.2, -0.15) is 0 Å². The molecule has 2 aromatic carbocycles. The van der Waals surface area contributed by atoms with E-state index in [0.717, 1.165) is 29.7 Å². The number of hydrogen-bond acceptors (Lipinski definition) is 2. The van der Waals surface area contributed by atoms with Gasteiger partial charge in [0.25, 0.3) is 0 Å². The van der Waals surface area contributed by atoms with Crippen LogP contribution in [-0.2, 0) is 24.2 Å². The van der Waals surface area contributed by atoms with Crippen molar-refractivity contribution in [3.05, 3.63) is 65.2 Å². The molecule has 0 aliphatic carbocycles. The molecular formula is C19H22O3. The van der Waals surface area contributed by atoms with Crippen LogP contribution in [0.1, 0.15) is 36.5 Å². The molecule has 116 valence electrons. The topological polar surface area (TPSA) is 46.5 Å². The van der Waals surface area contributed by atoms with E-state index in [0.29, 0.717) is 13.0 Å². The molecule has 2 rings (SSSR count). The van der Waals surface area contributed by atoms with E-state index in [2.05, 4.69) is 31.2 Å². The smallest absolute Gasteiger partial charge is 0.303 e. The Morgan fingerprint density at radius 1 is 0.909 bits per heavy atom. The molecule has 0 aliphatic rings. The summed E-state index contributed by atoms with van der Waals surface area (Å²) in [5.41, 5.74) is 3.52. The molecule has 0 saturated carbocycles. The SMILES string of the molecule is CCCc1ccc(COc2ccc(CCC(=O)O)cc2)cc1. The molecule has 22 heavy (non-hydrogen) atoms. The van der Waals surface area contributed by atoms with Crippen LogP contribution in [0.4, 0.5) is 0 Å². The van der Waals surface area contributed by atoms with Gasteiger partial charge in [-0.3, -0.25) is 4.79 Å². The van der Waals surface area contributed by atoms with Crippen LogP contribution in [0.2, 0.25) is 0 Å². The predicted molar refractivity (Wildman–Crippen MR) is 87.2 cm³/mol. The van der Waals surface area contributed by atoms with Crippen molar-refractivity contribution in [2.75, 3.05) is 0 Å². The first-order chi connectivity index (χ1) is 10.7. The zero-order chi connectivity index (χ0) is 15.8. The van der Waals surface area contributed by atoms with Crippen LogP contribution in [-0.4, -0.2) is 11.1 Å². The Balaban J connectivity index is 1.84. The second kappa shape index (κ2) is 8.23. The van der Waals surface area contributed by atoms with Crippen molar-refractivity contribution in [1.29, 1.82) is 0 Å². The van der Waals surface area contributed by atoms with Gasteiger partial charge in [0.1, 0.15) is 12.4 Å². The molecule has 0 aliphatic heterocycles. The molecule has 0 radical (unpaired) electrons. The average Bonchev–Trinajstić information content (AvgIpc) is 2.53. The number of rotatable bonds is 8. The largest absolute Gasteiger partial charge is 0.489 e. The second-order valence-electron chi connectivity index (χ2n) is 5.39. The predicted octanol–water partition coefficient (Wildman–Crippen LogP) is 4.24. The van der Waals surface area contributed by atoms with Gasteiger partial charge >= 0.3 is 5.97 Å². The van der Waals surface area contributed by atoms with E-state index >= 15 is 0 Å². The first-order valence-electron chi connectivity index (χ1n) is 7.68. The Kier molecular flexibility index (Phi) is 6.01. The number of aliphatic carboxylic acids is 1. The quantitative estimate of drug-likeness (QED) is 0.793. The second-order valence-corrected chi connectivity index (χ2v) is 5.39. The summed E-state index contributed by atoms with van der Waals surface area (Å²) in [5.74, 6) is 0.0311. The lowest BCUT2D eigenvalue weighted by atomic mass is 10.1. The third-order valence-corrected chi connectivity index (χ3v) is 3.52. The molecule has 0 unspecified atom stereocenters. The summed E-state index contributed by atoms with van der Waals surface area (Å²) in [6.07, 6.45) is 2.97. The highest BCUT2D eigenvalue weighted by molar-refractivity contribution is 5.67. The minimum Gasteiger partial charge on any atom is -0.489 e. The van der Waals surface area contributed by atoms with Crippen LogP contribution in [0.25, 0.3) is 0 Å². The highest BCUT2D eigenvalue weighted by atomic mass is 16.5. The van der Waals surface area contributed by atoms with Gasteiger partial charge in [0, 0.05) is 6.42 Å². The maximum atomic E-state index is 10.5. The van der Waals surface area contributed by atoms with Gasteiger partial charge in [-0.15, -0.1) is 0 Å². The van der Waals surface area contributed by atoms with Gasteiger partial charge in [-0.25, -0.2) is 0 Å². The third-order valence-electron chi connectivity index (χ3n) is 3.52. The Labute approximate surface area is 131 Å². The van der Waals surface area contributed by atoms with E-state index in [-0.39, 0.29) is 6.42 Å². The van der Waals surface area contributed by atoms with E-state index in [1.165, 1.54) is 5.56 Å². The minimum atomic E-state index is -0.771. The van der Waals surface area contributed by atoms with Crippen molar-refractivity contribution in [3.8, 4) is 5.75 Å². The summed E-state index contributed by atoms with van der Waals surface area (Å²) < 4.78 is 5.76. The summed E-state index contributed by atoms with van der Waals surface area (Å²) in [4.78, 5) is 10.5. The molecule has 3 heteroatoms. The molecule has 1 N–H and O–H groups in total. The number of aryl methyl sites for hydroxylation is 2. The molecule has 0 atom stereocenters. The Morgan fingerprint density at radius 3 is 2.05 bits per heavy atom. The van der Waals surface area contributed by atoms with E-state index in [1.54, 1.807) is 0 Å². The van der Waals surface area contributed by atoms with Crippen LogP contribution >= 0.6 is 0 Å². The summed E-state index contributed by atoms with van der Waals surface area (Å²) in [7, 11) is 0. The van der Waals surface area contributed by atoms with Crippen molar-refractivity contribution >= 4 is 5.97 Å². The summed E-state index contributed by atoms with van der Waals surface area (Å²) in [6.45, 7) is 2.72. The van der Waals surface area contributed by atoms with Crippen LogP contribution in [0.15, 0.2) is 48.5 Å². The van der Waals surface area contributed by atoms with Crippen LogP contribution in [0.3, 0.4) is 0 Å². The lowest BCUT2D eigenvalue weighted by Crippen LogP contribution is -1.98. The van der Waals surface area contributed by atoms with Gasteiger partial charge in [0.2, 0.25) is 0 Å². The van der Waals surface area contributed by atoms with Crippen molar-refractivity contribution in [3.63, 3.8) is 0 Å². The van der Waals surface area contributed by atoms with E-state index in [9.17, 15) is 4.79 Å². The fourth-order valence-corrected chi connectivity index (χ4v) is 2.26. The zero-order valence-electron chi connectivity index (χ0n) is 12.9. The number of hydrogen-bond donors (Lipinski definition) is 1. The van der Waals surface area contributed by atoms with Gasteiger partial charge in [0.05, 0.1) is 0 Å². The summed E-state index contributed by atoms with van der Waals surface area (Å²) in [6, 6.07) is 16.1. The fourth-order valence-electron chi connectivity index (χ4n) is 2.26. The van der Waals surface area contributed by atoms with Crippen LogP contribution in [0.5, 0.6) is 5.75 Å². The summed E-state index contributed by atoms with van der Waals surface area (Å²) in [5, 5.41) is 8.67. The van der Waals surface area contributed by atoms with Crippen molar-refractivity contribution < 1.29 is 14.6 Å². The first-order valence-corrected chi connectivity index (χ1v) is 7.68. The molecule has 0 heterocycles. The molecule has 3 nitrogen and oxygen atoms in total. The number of ether oxygens (including phenoxy) is 1. The molecular weight excluding hydrogens is 276 g/mol. The molecule has 2 aromatic rings. The highest BCUT2D eigenvalue weighted by Crippen LogP contribution is 2.16. The van der Waals surface area contributed by atoms with Gasteiger partial charge in [-0.1, -0.05) is 49.7 Å². The maximum absolute atomic E-state index is 10.5. The number of carboxylic acids is 1. The summed E-state index contributed by atoms with van der Waals surface area (Å²) >= 11 is 0. The zero-order valence-corrected chi connectivity index (χ0v) is 12.9. The molecule has 0 saturated heterocycles. The van der Waals surface area contributed by atoms with Gasteiger partial charge in [-0.05, 0) is 41.7 Å². The van der Waals surface area contributed by atoms with Gasteiger partial charge in [0.15, 0.2) is 0 Å². The molecule has 0 spiro atoms. The van der Waals surface area contributed by atoms with E-state index < -0.39 is 5.97 Å². The molecule has 0 aromatic heterocycles. The normalized spacial score (nSPS) is 10.4. The number of carbonyl (C=O) groups is 1. The lowest BCUT2D eigenvalue weighted by Gasteiger charge is -2.08. The van der Waals surface area contributed by atoms with Gasteiger partial charge < -0.3 is 9.84 Å². The standard InChI is InChI=1S/C19H22O3/c1-2-3-15-4-6-17(7-5-15)14-22-18-11-8-16(9-12-18)10-13-19(20)21/h4-9,11-12H,2-3,10,13-14H2,1H3,(H,20,21). The van der Waals surface area contributed by atoms with Crippen molar-refractivity contribution in [2.24, 2.45) is 0 Å². The Morgan fingerprint density at radius 2 is 1.45 bits per heavy atom. The molecule has 0 fully saturated rings. The average molecular weight is 298 g/mol. The highest BCUT2D eigenvalue weighted by Gasteiger charge is 2.01. The number of benzene rings is 2. The minimum absolute atomic E-state index is 0.157. The maximum Gasteiger partial charge on any atom is 0.303 e. The Bertz CT molecular complexity index is 585. The van der Waals surface area contributed by atoms with E-state index in [4.69, 9.17) is 9.84 Å². The van der Waals surface area contributed by atoms with Crippen molar-refractivity contribution in [2.45, 2.75) is 39.2 Å². The molecule has 0 bridgehead atoms. The van der Waals surface area contributed by atoms with Crippen LogP contribution in [0, 0.1) is 0 Å². The third kappa shape index (κ3) is 5.24. The van der Waals surface area contributed by atoms with Crippen molar-refractivity contribution in [1.82, 2.24) is 0 Å². The molecule has 0 amide bonds. The Hall–Kier alpha value is -2.29. The van der Waals surface area contributed by atoms with Crippen LogP contribution < -0.4 is 4.74 Å². The fraction of sp³-hybridized carbons (Fsp3) is 0.316. The first kappa shape index (κ1) is 16.1. The lowest BCUT2D eigenvalue weighted by molar-refractivity contribution is -0.136. The van der Waals surface area contributed by atoms with E-state index in [1.807, 2.05) is 24.3 Å². The monoisotopic (exact) mass is 298 g/mol.